The maximum absolute atomic E-state index is 13.7. The molecule has 1 amide bonds. The number of benzene rings is 1. The van der Waals surface area contributed by atoms with Crippen LogP contribution in [0.15, 0.2) is 29.1 Å². The van der Waals surface area contributed by atoms with Crippen molar-refractivity contribution in [3.8, 4) is 0 Å². The Morgan fingerprint density at radius 2 is 1.82 bits per heavy atom. The van der Waals surface area contributed by atoms with Gasteiger partial charge in [-0.15, -0.1) is 0 Å². The number of piperazine rings is 1. The molecular weight excluding hydrogens is 444 g/mol. The summed E-state index contributed by atoms with van der Waals surface area (Å²) in [6, 6.07) is 6.39. The van der Waals surface area contributed by atoms with Crippen LogP contribution in [0.25, 0.3) is 0 Å². The van der Waals surface area contributed by atoms with E-state index in [0.29, 0.717) is 76.1 Å². The highest BCUT2D eigenvalue weighted by molar-refractivity contribution is 5.77. The number of aromatic amines is 1. The predicted molar refractivity (Wildman–Crippen MR) is 126 cm³/mol. The molecule has 0 spiro atoms. The van der Waals surface area contributed by atoms with Gasteiger partial charge in [-0.3, -0.25) is 14.6 Å². The van der Waals surface area contributed by atoms with Gasteiger partial charge in [0.05, 0.1) is 13.2 Å². The zero-order chi connectivity index (χ0) is 24.3. The number of carbonyl (C=O) groups excluding carboxylic acids is 1. The van der Waals surface area contributed by atoms with Crippen molar-refractivity contribution >= 4 is 17.5 Å². The first-order chi connectivity index (χ1) is 16.2. The lowest BCUT2D eigenvalue weighted by atomic mass is 10.1. The number of halogens is 2. The van der Waals surface area contributed by atoms with Crippen molar-refractivity contribution in [3.05, 3.63) is 51.4 Å². The molecule has 2 aliphatic heterocycles. The van der Waals surface area contributed by atoms with Crippen LogP contribution in [0.5, 0.6) is 0 Å². The molecule has 2 saturated heterocycles. The molecule has 34 heavy (non-hydrogen) atoms. The van der Waals surface area contributed by atoms with E-state index in [1.54, 1.807) is 17.9 Å². The van der Waals surface area contributed by atoms with Crippen LogP contribution < -0.4 is 15.4 Å². The Hall–Kier alpha value is -3.01. The van der Waals surface area contributed by atoms with Crippen LogP contribution in [0.3, 0.4) is 0 Å². The number of hydrogen-bond acceptors (Lipinski definition) is 6. The van der Waals surface area contributed by atoms with Gasteiger partial charge < -0.3 is 19.4 Å². The van der Waals surface area contributed by atoms with Gasteiger partial charge in [-0.05, 0) is 25.5 Å². The number of aryl methyl sites for hydroxylation is 1. The average Bonchev–Trinajstić information content (AvgIpc) is 2.83. The van der Waals surface area contributed by atoms with E-state index in [4.69, 9.17) is 4.74 Å². The number of anilines is 2. The van der Waals surface area contributed by atoms with Crippen molar-refractivity contribution in [2.24, 2.45) is 0 Å². The second kappa shape index (κ2) is 10.1. The van der Waals surface area contributed by atoms with E-state index in [1.807, 2.05) is 15.9 Å². The van der Waals surface area contributed by atoms with E-state index < -0.39 is 5.92 Å². The van der Waals surface area contributed by atoms with Gasteiger partial charge in [-0.1, -0.05) is 12.1 Å². The molecule has 0 saturated carbocycles. The fourth-order valence-corrected chi connectivity index (χ4v) is 4.39. The minimum Gasteiger partial charge on any atom is -0.378 e. The van der Waals surface area contributed by atoms with Crippen LogP contribution in [0, 0.1) is 6.92 Å². The van der Waals surface area contributed by atoms with Crippen LogP contribution in [0.4, 0.5) is 20.4 Å². The highest BCUT2D eigenvalue weighted by Gasteiger charge is 2.26. The lowest BCUT2D eigenvalue weighted by Gasteiger charge is -2.36. The molecule has 1 aromatic carbocycles. The molecule has 1 aromatic heterocycles. The Morgan fingerprint density at radius 3 is 2.47 bits per heavy atom. The van der Waals surface area contributed by atoms with E-state index in [-0.39, 0.29) is 23.5 Å². The van der Waals surface area contributed by atoms with Crippen molar-refractivity contribution < 1.29 is 18.3 Å². The van der Waals surface area contributed by atoms with Crippen LogP contribution in [0.1, 0.15) is 30.2 Å². The summed E-state index contributed by atoms with van der Waals surface area (Å²) in [5.41, 5.74) is 1.67. The summed E-state index contributed by atoms with van der Waals surface area (Å²) >= 11 is 0. The van der Waals surface area contributed by atoms with Crippen molar-refractivity contribution in [1.29, 1.82) is 0 Å². The molecule has 8 nitrogen and oxygen atoms in total. The zero-order valence-electron chi connectivity index (χ0n) is 19.6. The molecule has 0 aliphatic carbocycles. The molecule has 2 aliphatic rings. The van der Waals surface area contributed by atoms with Gasteiger partial charge in [0.25, 0.3) is 11.5 Å². The number of rotatable bonds is 6. The number of amides is 1. The smallest absolute Gasteiger partial charge is 0.270 e. The third kappa shape index (κ3) is 5.55. The van der Waals surface area contributed by atoms with Crippen LogP contribution in [0.2, 0.25) is 0 Å². The molecule has 3 heterocycles. The summed E-state index contributed by atoms with van der Waals surface area (Å²) in [5.74, 6) is -2.37. The molecule has 0 bridgehead atoms. The number of nitrogens with one attached hydrogen (secondary N) is 1. The monoisotopic (exact) mass is 475 g/mol. The van der Waals surface area contributed by atoms with Crippen LogP contribution in [-0.4, -0.2) is 73.3 Å². The summed E-state index contributed by atoms with van der Waals surface area (Å²) in [6.07, 6.45) is 0.546. The Labute approximate surface area is 197 Å². The number of nitrogens with zero attached hydrogens (tertiary/aromatic N) is 4. The standard InChI is InChI=1S/C24H31F2N5O3/c1-17-20(22(33)28-23(27-17)31-12-14-34-15-13-31)6-7-21(32)30-10-8-29(9-11-30)19-5-3-4-18(16-19)24(2,25)26/h3-5,16H,6-15H2,1-2H3,(H,27,28,33). The largest absolute Gasteiger partial charge is 0.378 e. The Balaban J connectivity index is 1.32. The molecule has 10 heteroatoms. The maximum Gasteiger partial charge on any atom is 0.270 e. The molecule has 4 rings (SSSR count). The highest BCUT2D eigenvalue weighted by atomic mass is 19.3. The molecule has 0 atom stereocenters. The molecule has 2 fully saturated rings. The number of carbonyl (C=O) groups is 1. The summed E-state index contributed by atoms with van der Waals surface area (Å²) in [4.78, 5) is 38.6. The topological polar surface area (TPSA) is 81.8 Å². The SMILES string of the molecule is Cc1nc(N2CCOCC2)[nH]c(=O)c1CCC(=O)N1CCN(c2cccc(C(C)(F)F)c2)CC1. The number of aromatic nitrogens is 2. The number of hydrogen-bond donors (Lipinski definition) is 1. The Kier molecular flexibility index (Phi) is 7.16. The normalized spacial score (nSPS) is 17.2. The summed E-state index contributed by atoms with van der Waals surface area (Å²) in [7, 11) is 0. The molecule has 0 radical (unpaired) electrons. The fraction of sp³-hybridized carbons (Fsp3) is 0.542. The molecular formula is C24H31F2N5O3. The second-order valence-corrected chi connectivity index (χ2v) is 8.86. The lowest BCUT2D eigenvalue weighted by Crippen LogP contribution is -2.49. The Morgan fingerprint density at radius 1 is 1.12 bits per heavy atom. The van der Waals surface area contributed by atoms with Crippen molar-refractivity contribution in [1.82, 2.24) is 14.9 Å². The van der Waals surface area contributed by atoms with Gasteiger partial charge in [-0.2, -0.15) is 0 Å². The predicted octanol–water partition coefficient (Wildman–Crippen LogP) is 2.31. The van der Waals surface area contributed by atoms with Gasteiger partial charge in [0, 0.05) is 75.1 Å². The third-order valence-electron chi connectivity index (χ3n) is 6.46. The van der Waals surface area contributed by atoms with E-state index in [9.17, 15) is 18.4 Å². The Bertz CT molecular complexity index is 1070. The summed E-state index contributed by atoms with van der Waals surface area (Å²) in [6.45, 7) is 7.40. The van der Waals surface area contributed by atoms with Crippen molar-refractivity contribution in [2.75, 3.05) is 62.3 Å². The van der Waals surface area contributed by atoms with E-state index in [2.05, 4.69) is 9.97 Å². The number of ether oxygens (including phenoxy) is 1. The van der Waals surface area contributed by atoms with Gasteiger partial charge in [0.15, 0.2) is 0 Å². The van der Waals surface area contributed by atoms with Gasteiger partial charge >= 0.3 is 0 Å². The van der Waals surface area contributed by atoms with E-state index >= 15 is 0 Å². The quantitative estimate of drug-likeness (QED) is 0.691. The van der Waals surface area contributed by atoms with Crippen LogP contribution >= 0.6 is 0 Å². The number of morpholine rings is 1. The second-order valence-electron chi connectivity index (χ2n) is 8.86. The molecule has 0 unspecified atom stereocenters. The third-order valence-corrected chi connectivity index (χ3v) is 6.46. The average molecular weight is 476 g/mol. The first kappa shape index (κ1) is 24.1. The van der Waals surface area contributed by atoms with Gasteiger partial charge in [0.2, 0.25) is 11.9 Å². The fourth-order valence-electron chi connectivity index (χ4n) is 4.39. The summed E-state index contributed by atoms with van der Waals surface area (Å²) < 4.78 is 32.7. The van der Waals surface area contributed by atoms with E-state index in [1.165, 1.54) is 12.1 Å². The molecule has 2 aromatic rings. The molecule has 184 valence electrons. The van der Waals surface area contributed by atoms with Crippen molar-refractivity contribution in [3.63, 3.8) is 0 Å². The number of alkyl halides is 2. The summed E-state index contributed by atoms with van der Waals surface area (Å²) in [5, 5.41) is 0. The van der Waals surface area contributed by atoms with Gasteiger partial charge in [0.1, 0.15) is 0 Å². The first-order valence-electron chi connectivity index (χ1n) is 11.7. The highest BCUT2D eigenvalue weighted by Crippen LogP contribution is 2.30. The zero-order valence-corrected chi connectivity index (χ0v) is 19.6. The first-order valence-corrected chi connectivity index (χ1v) is 11.7. The maximum atomic E-state index is 13.7. The van der Waals surface area contributed by atoms with Crippen molar-refractivity contribution in [2.45, 2.75) is 32.6 Å². The van der Waals surface area contributed by atoms with Crippen LogP contribution in [-0.2, 0) is 21.9 Å². The lowest BCUT2D eigenvalue weighted by molar-refractivity contribution is -0.131. The minimum atomic E-state index is -2.89. The van der Waals surface area contributed by atoms with E-state index in [0.717, 1.165) is 12.6 Å². The minimum absolute atomic E-state index is 0.0163. The van der Waals surface area contributed by atoms with Gasteiger partial charge in [-0.25, -0.2) is 13.8 Å². The molecule has 1 N–H and O–H groups in total. The number of H-pyrrole nitrogens is 1.